The Morgan fingerprint density at radius 1 is 0.565 bits per heavy atom. The first-order valence-corrected chi connectivity index (χ1v) is 16.3. The molecule has 0 amide bonds. The molecule has 244 valence electrons. The van der Waals surface area contributed by atoms with Gasteiger partial charge in [0, 0.05) is 0 Å². The summed E-state index contributed by atoms with van der Waals surface area (Å²) in [6.07, 6.45) is -7.59. The Labute approximate surface area is 267 Å². The maximum atomic E-state index is 15.0. The number of halogens is 2. The third-order valence-electron chi connectivity index (χ3n) is 7.52. The van der Waals surface area contributed by atoms with Crippen LogP contribution >= 0.6 is 0 Å². The van der Waals surface area contributed by atoms with Gasteiger partial charge in [0.05, 0.1) is 39.0 Å². The van der Waals surface area contributed by atoms with Crippen molar-refractivity contribution in [1.82, 2.24) is 0 Å². The van der Waals surface area contributed by atoms with Crippen LogP contribution in [0.2, 0.25) is 0 Å². The summed E-state index contributed by atoms with van der Waals surface area (Å²) in [5.74, 6) is 0. The Hall–Kier alpha value is -3.55. The van der Waals surface area contributed by atoms with Crippen molar-refractivity contribution >= 4 is 10.1 Å². The van der Waals surface area contributed by atoms with Crippen LogP contribution in [-0.4, -0.2) is 48.9 Å². The zero-order valence-corrected chi connectivity index (χ0v) is 25.8. The van der Waals surface area contributed by atoms with Gasteiger partial charge >= 0.3 is 15.4 Å². The van der Waals surface area contributed by atoms with Crippen molar-refractivity contribution in [2.75, 3.05) is 0 Å². The molecule has 1 aliphatic heterocycles. The summed E-state index contributed by atoms with van der Waals surface area (Å²) < 4.78 is 94.2. The smallest absolute Gasteiger partial charge is 0.368 e. The van der Waals surface area contributed by atoms with Crippen LogP contribution in [0.4, 0.5) is 8.78 Å². The monoisotopic (exact) mass is 654 g/mol. The van der Waals surface area contributed by atoms with E-state index in [0.717, 1.165) is 22.3 Å². The lowest BCUT2D eigenvalue weighted by atomic mass is 9.95. The van der Waals surface area contributed by atoms with Gasteiger partial charge in [0.15, 0.2) is 6.29 Å². The second kappa shape index (κ2) is 15.8. The molecule has 46 heavy (non-hydrogen) atoms. The van der Waals surface area contributed by atoms with Crippen molar-refractivity contribution in [3.8, 4) is 0 Å². The molecular weight excluding hydrogens is 618 g/mol. The van der Waals surface area contributed by atoms with Crippen LogP contribution in [0.25, 0.3) is 0 Å². The number of alkyl halides is 2. The van der Waals surface area contributed by atoms with E-state index in [9.17, 15) is 21.8 Å². The quantitative estimate of drug-likeness (QED) is 0.144. The molecule has 5 rings (SSSR count). The number of benzene rings is 4. The van der Waals surface area contributed by atoms with Crippen molar-refractivity contribution < 1.29 is 45.4 Å². The van der Waals surface area contributed by atoms with Crippen molar-refractivity contribution in [2.45, 2.75) is 68.8 Å². The lowest BCUT2D eigenvalue weighted by Gasteiger charge is -2.46. The van der Waals surface area contributed by atoms with Gasteiger partial charge in [-0.15, -0.1) is 0 Å². The average molecular weight is 655 g/mol. The summed E-state index contributed by atoms with van der Waals surface area (Å²) >= 11 is 0. The van der Waals surface area contributed by atoms with Gasteiger partial charge in [-0.3, -0.25) is 4.55 Å². The maximum Gasteiger partial charge on any atom is 0.372 e. The fraction of sp³-hybridized carbons (Fsp3) is 0.314. The molecule has 1 aliphatic rings. The molecule has 4 aromatic rings. The van der Waals surface area contributed by atoms with Crippen LogP contribution in [0.15, 0.2) is 121 Å². The highest BCUT2D eigenvalue weighted by molar-refractivity contribution is 7.86. The third kappa shape index (κ3) is 9.26. The predicted molar refractivity (Wildman–Crippen MR) is 166 cm³/mol. The molecule has 8 nitrogen and oxygen atoms in total. The minimum absolute atomic E-state index is 0.0189. The van der Waals surface area contributed by atoms with E-state index in [0.29, 0.717) is 0 Å². The lowest BCUT2D eigenvalue weighted by molar-refractivity contribution is -0.329. The minimum Gasteiger partial charge on any atom is -0.368 e. The number of ether oxygens (including phenoxy) is 5. The number of hydrogen-bond acceptors (Lipinski definition) is 7. The Bertz CT molecular complexity index is 1580. The van der Waals surface area contributed by atoms with E-state index in [1.165, 1.54) is 0 Å². The topological polar surface area (TPSA) is 101 Å². The van der Waals surface area contributed by atoms with E-state index in [1.54, 1.807) is 12.1 Å². The molecule has 0 aliphatic carbocycles. The van der Waals surface area contributed by atoms with E-state index in [4.69, 9.17) is 23.7 Å². The zero-order valence-electron chi connectivity index (χ0n) is 24.9. The van der Waals surface area contributed by atoms with Gasteiger partial charge in [-0.2, -0.15) is 17.2 Å². The van der Waals surface area contributed by atoms with Crippen LogP contribution in [-0.2, 0) is 60.2 Å². The van der Waals surface area contributed by atoms with Crippen molar-refractivity contribution in [1.29, 1.82) is 0 Å². The molecule has 0 saturated carbocycles. The summed E-state index contributed by atoms with van der Waals surface area (Å²) in [7, 11) is -5.78. The normalized spacial score (nSPS) is 22.0. The molecule has 0 spiro atoms. The highest BCUT2D eigenvalue weighted by atomic mass is 32.2. The third-order valence-corrected chi connectivity index (χ3v) is 8.44. The highest BCUT2D eigenvalue weighted by Crippen LogP contribution is 2.37. The Balaban J connectivity index is 1.51. The van der Waals surface area contributed by atoms with E-state index in [-0.39, 0.29) is 26.4 Å². The Kier molecular flexibility index (Phi) is 11.6. The van der Waals surface area contributed by atoms with E-state index < -0.39 is 52.5 Å². The van der Waals surface area contributed by atoms with Crippen molar-refractivity contribution in [2.24, 2.45) is 0 Å². The van der Waals surface area contributed by atoms with Crippen LogP contribution in [0.1, 0.15) is 28.7 Å². The molecule has 1 heterocycles. The van der Waals surface area contributed by atoms with Crippen LogP contribution in [0.5, 0.6) is 0 Å². The molecule has 1 saturated heterocycles. The lowest BCUT2D eigenvalue weighted by Crippen LogP contribution is -2.61. The summed E-state index contributed by atoms with van der Waals surface area (Å²) in [5.41, 5.74) is 3.18. The summed E-state index contributed by atoms with van der Waals surface area (Å²) in [4.78, 5) is 0. The van der Waals surface area contributed by atoms with Gasteiger partial charge in [0.1, 0.15) is 18.3 Å². The molecule has 0 radical (unpaired) electrons. The molecule has 0 bridgehead atoms. The van der Waals surface area contributed by atoms with Gasteiger partial charge in [0.2, 0.25) is 0 Å². The first-order valence-electron chi connectivity index (χ1n) is 14.8. The maximum absolute atomic E-state index is 15.0. The second-order valence-electron chi connectivity index (χ2n) is 10.9. The molecular formula is C35H36F2O8S. The predicted octanol–water partition coefficient (Wildman–Crippen LogP) is 6.56. The van der Waals surface area contributed by atoms with E-state index in [2.05, 4.69) is 0 Å². The Morgan fingerprint density at radius 3 is 1.30 bits per heavy atom. The second-order valence-corrected chi connectivity index (χ2v) is 12.5. The summed E-state index contributed by atoms with van der Waals surface area (Å²) in [6.45, 7) is 0.200. The van der Waals surface area contributed by atoms with E-state index in [1.807, 2.05) is 109 Å². The summed E-state index contributed by atoms with van der Waals surface area (Å²) in [6, 6.07) is 36.8. The van der Waals surface area contributed by atoms with Gasteiger partial charge in [-0.25, -0.2) is 0 Å². The molecule has 5 atom stereocenters. The van der Waals surface area contributed by atoms with Crippen LogP contribution in [0.3, 0.4) is 0 Å². The van der Waals surface area contributed by atoms with Crippen molar-refractivity contribution in [3.63, 3.8) is 0 Å². The fourth-order valence-corrected chi connectivity index (χ4v) is 5.51. The van der Waals surface area contributed by atoms with Gasteiger partial charge in [0.25, 0.3) is 0 Å². The van der Waals surface area contributed by atoms with Crippen LogP contribution in [0, 0.1) is 0 Å². The first-order chi connectivity index (χ1) is 22.2. The number of hydrogen-bond donors (Lipinski definition) is 1. The highest BCUT2D eigenvalue weighted by Gasteiger charge is 2.55. The zero-order chi connectivity index (χ0) is 32.4. The molecule has 4 aromatic carbocycles. The fourth-order valence-electron chi connectivity index (χ4n) is 5.14. The standard InChI is InChI=1S/C35H36F2O8S/c36-35(37,46(38,39)40)21-30-31(41-22-26-13-5-1-6-14-26)32(42-23-27-15-7-2-8-16-27)33(43-24-28-17-9-3-10-18-28)34(45-30)44-25-29-19-11-4-12-20-29/h1-20,30-34H,21-25H2,(H,38,39,40)/t30-,31-,32+,33-,34-/m1/s1. The van der Waals surface area contributed by atoms with Gasteiger partial charge in [-0.05, 0) is 22.3 Å². The Morgan fingerprint density at radius 2 is 0.913 bits per heavy atom. The largest absolute Gasteiger partial charge is 0.372 e. The van der Waals surface area contributed by atoms with Gasteiger partial charge in [-0.1, -0.05) is 121 Å². The summed E-state index contributed by atoms with van der Waals surface area (Å²) in [5, 5.41) is -4.54. The molecule has 0 aromatic heterocycles. The van der Waals surface area contributed by atoms with Crippen LogP contribution < -0.4 is 0 Å². The minimum atomic E-state index is -5.78. The number of rotatable bonds is 15. The van der Waals surface area contributed by atoms with Crippen molar-refractivity contribution in [3.05, 3.63) is 144 Å². The van der Waals surface area contributed by atoms with Gasteiger partial charge < -0.3 is 23.7 Å². The molecule has 1 fully saturated rings. The molecule has 0 unspecified atom stereocenters. The van der Waals surface area contributed by atoms with E-state index >= 15 is 0 Å². The molecule has 11 heteroatoms. The SMILES string of the molecule is O=S(=O)(O)C(F)(F)C[C@H]1O[C@@H](OCc2ccccc2)[C@H](OCc2ccccc2)[C@@H](OCc2ccccc2)[C@@H]1OCc1ccccc1. The molecule has 1 N–H and O–H groups in total. The average Bonchev–Trinajstić information content (AvgIpc) is 3.06. The first kappa shape index (κ1) is 33.8.